The molecule has 4 rings (SSSR count). The number of nitrogens with zero attached hydrogens (tertiary/aromatic N) is 1. The Labute approximate surface area is 189 Å². The lowest BCUT2D eigenvalue weighted by Crippen LogP contribution is -2.13. The van der Waals surface area contributed by atoms with Crippen LogP contribution in [0.25, 0.3) is 11.3 Å². The molecular weight excluding hydrogens is 408 g/mol. The van der Waals surface area contributed by atoms with Crippen LogP contribution in [-0.2, 0) is 17.6 Å². The van der Waals surface area contributed by atoms with Gasteiger partial charge in [-0.2, -0.15) is 0 Å². The zero-order chi connectivity index (χ0) is 22.0. The summed E-state index contributed by atoms with van der Waals surface area (Å²) >= 11 is 6.24. The van der Waals surface area contributed by atoms with E-state index in [1.54, 1.807) is 0 Å². The van der Waals surface area contributed by atoms with Gasteiger partial charge in [-0.3, -0.25) is 4.79 Å². The van der Waals surface area contributed by atoms with Crippen LogP contribution in [0.3, 0.4) is 0 Å². The second-order valence-corrected chi connectivity index (χ2v) is 9.38. The molecule has 1 aliphatic rings. The Balaban J connectivity index is 1.49. The van der Waals surface area contributed by atoms with Gasteiger partial charge in [0.2, 0.25) is 5.91 Å². The lowest BCUT2D eigenvalue weighted by atomic mass is 9.97. The predicted molar refractivity (Wildman–Crippen MR) is 126 cm³/mol. The highest BCUT2D eigenvalue weighted by molar-refractivity contribution is 6.33. The number of hydrogen-bond donors (Lipinski definition) is 1. The summed E-state index contributed by atoms with van der Waals surface area (Å²) in [5.41, 5.74) is 6.17. The van der Waals surface area contributed by atoms with Crippen LogP contribution < -0.4 is 5.32 Å². The highest BCUT2D eigenvalue weighted by Crippen LogP contribution is 2.46. The van der Waals surface area contributed by atoms with E-state index in [0.29, 0.717) is 35.4 Å². The third-order valence-electron chi connectivity index (χ3n) is 5.61. The van der Waals surface area contributed by atoms with Gasteiger partial charge in [-0.05, 0) is 67.3 Å². The highest BCUT2D eigenvalue weighted by atomic mass is 35.5. The zero-order valence-corrected chi connectivity index (χ0v) is 19.1. The van der Waals surface area contributed by atoms with Crippen molar-refractivity contribution in [1.29, 1.82) is 0 Å². The lowest BCUT2D eigenvalue weighted by molar-refractivity contribution is -0.116. The molecule has 1 aliphatic carbocycles. The molecule has 0 atom stereocenters. The van der Waals surface area contributed by atoms with Crippen LogP contribution in [-0.4, -0.2) is 11.1 Å². The minimum atomic E-state index is -0.0732. The van der Waals surface area contributed by atoms with Crippen LogP contribution >= 0.6 is 11.6 Å². The van der Waals surface area contributed by atoms with Crippen LogP contribution in [0.2, 0.25) is 5.02 Å². The van der Waals surface area contributed by atoms with Crippen LogP contribution in [0.5, 0.6) is 0 Å². The Kier molecular flexibility index (Phi) is 6.47. The van der Waals surface area contributed by atoms with E-state index in [0.717, 1.165) is 41.8 Å². The van der Waals surface area contributed by atoms with E-state index in [2.05, 4.69) is 48.6 Å². The van der Waals surface area contributed by atoms with Gasteiger partial charge in [0.1, 0.15) is 0 Å². The normalized spacial score (nSPS) is 13.6. The van der Waals surface area contributed by atoms with Crippen molar-refractivity contribution in [2.45, 2.75) is 58.8 Å². The third kappa shape index (κ3) is 5.37. The summed E-state index contributed by atoms with van der Waals surface area (Å²) in [6.45, 7) is 6.42. The lowest BCUT2D eigenvalue weighted by Gasteiger charge is -2.08. The third-order valence-corrected chi connectivity index (χ3v) is 5.92. The van der Waals surface area contributed by atoms with E-state index in [9.17, 15) is 4.79 Å². The molecule has 31 heavy (non-hydrogen) atoms. The molecular formula is C26H29ClN2O2. The molecule has 1 fully saturated rings. The fraction of sp³-hybridized carbons (Fsp3) is 0.385. The molecule has 0 unspecified atom stereocenters. The molecule has 3 aromatic rings. The van der Waals surface area contributed by atoms with Crippen molar-refractivity contribution >= 4 is 23.2 Å². The molecule has 2 aromatic carbocycles. The van der Waals surface area contributed by atoms with Crippen molar-refractivity contribution in [1.82, 2.24) is 5.16 Å². The molecule has 5 heteroatoms. The first-order chi connectivity index (χ1) is 14.9. The Morgan fingerprint density at radius 1 is 1.23 bits per heavy atom. The molecule has 0 bridgehead atoms. The number of anilines is 1. The maximum atomic E-state index is 12.5. The summed E-state index contributed by atoms with van der Waals surface area (Å²) in [6, 6.07) is 14.2. The number of benzene rings is 2. The van der Waals surface area contributed by atoms with Crippen molar-refractivity contribution in [3.63, 3.8) is 0 Å². The second-order valence-electron chi connectivity index (χ2n) is 8.98. The summed E-state index contributed by atoms with van der Waals surface area (Å²) in [7, 11) is 0. The van der Waals surface area contributed by atoms with Gasteiger partial charge in [-0.1, -0.05) is 54.9 Å². The van der Waals surface area contributed by atoms with E-state index in [1.807, 2.05) is 25.1 Å². The molecule has 162 valence electrons. The van der Waals surface area contributed by atoms with E-state index < -0.39 is 0 Å². The molecule has 0 saturated heterocycles. The first-order valence-corrected chi connectivity index (χ1v) is 11.4. The first-order valence-electron chi connectivity index (χ1n) is 11.0. The molecule has 1 saturated carbocycles. The smallest absolute Gasteiger partial charge is 0.224 e. The van der Waals surface area contributed by atoms with Crippen molar-refractivity contribution in [2.24, 2.45) is 5.92 Å². The quantitative estimate of drug-likeness (QED) is 0.415. The summed E-state index contributed by atoms with van der Waals surface area (Å²) in [5, 5.41) is 7.83. The van der Waals surface area contributed by atoms with E-state index in [-0.39, 0.29) is 5.91 Å². The molecule has 1 N–H and O–H groups in total. The fourth-order valence-corrected chi connectivity index (χ4v) is 4.27. The van der Waals surface area contributed by atoms with E-state index in [4.69, 9.17) is 16.1 Å². The molecule has 1 aromatic heterocycles. The Bertz CT molecular complexity index is 1080. The van der Waals surface area contributed by atoms with Crippen molar-refractivity contribution < 1.29 is 9.32 Å². The van der Waals surface area contributed by atoms with Crippen LogP contribution in [0, 0.1) is 12.8 Å². The second kappa shape index (κ2) is 9.27. The van der Waals surface area contributed by atoms with Crippen LogP contribution in [0.15, 0.2) is 47.0 Å². The van der Waals surface area contributed by atoms with Gasteiger partial charge in [0.25, 0.3) is 0 Å². The first kappa shape index (κ1) is 21.6. The number of aromatic nitrogens is 1. The number of carbonyl (C=O) groups excluding carboxylic acids is 1. The fourth-order valence-electron chi connectivity index (χ4n) is 3.99. The predicted octanol–water partition coefficient (Wildman–Crippen LogP) is 6.95. The van der Waals surface area contributed by atoms with E-state index >= 15 is 0 Å². The minimum absolute atomic E-state index is 0.0732. The van der Waals surface area contributed by atoms with Gasteiger partial charge in [0, 0.05) is 24.0 Å². The molecule has 0 radical (unpaired) electrons. The molecule has 0 aliphatic heterocycles. The molecule has 0 spiro atoms. The molecule has 1 amide bonds. The van der Waals surface area contributed by atoms with Gasteiger partial charge in [-0.15, -0.1) is 0 Å². The minimum Gasteiger partial charge on any atom is -0.356 e. The number of rotatable bonds is 8. The Hall–Kier alpha value is -2.59. The van der Waals surface area contributed by atoms with Crippen molar-refractivity contribution in [3.05, 3.63) is 69.9 Å². The average Bonchev–Trinajstić information content (AvgIpc) is 3.47. The number of nitrogens with one attached hydrogen (secondary N) is 1. The van der Waals surface area contributed by atoms with Crippen molar-refractivity contribution in [2.75, 3.05) is 5.32 Å². The summed E-state index contributed by atoms with van der Waals surface area (Å²) in [5.74, 6) is 1.88. The standard InChI is InChI=1S/C26H29ClN2O2/c1-16(2)13-18-5-4-6-20(15-18)26-25(19-8-9-19)23(29-31-26)11-12-24(30)28-22-10-7-17(3)14-21(22)27/h4-7,10,14-16,19H,8-9,11-13H2,1-3H3,(H,28,30). The van der Waals surface area contributed by atoms with Crippen LogP contribution in [0.1, 0.15) is 61.4 Å². The van der Waals surface area contributed by atoms with Gasteiger partial charge in [0.05, 0.1) is 16.4 Å². The van der Waals surface area contributed by atoms with Crippen molar-refractivity contribution in [3.8, 4) is 11.3 Å². The van der Waals surface area contributed by atoms with Gasteiger partial charge in [-0.25, -0.2) is 0 Å². The topological polar surface area (TPSA) is 55.1 Å². The summed E-state index contributed by atoms with van der Waals surface area (Å²) in [6.07, 6.45) is 4.23. The van der Waals surface area contributed by atoms with E-state index in [1.165, 1.54) is 11.1 Å². The van der Waals surface area contributed by atoms with Gasteiger partial charge in [0.15, 0.2) is 5.76 Å². The average molecular weight is 437 g/mol. The summed E-state index contributed by atoms with van der Waals surface area (Å²) < 4.78 is 5.82. The molecule has 1 heterocycles. The zero-order valence-electron chi connectivity index (χ0n) is 18.4. The molecule has 4 nitrogen and oxygen atoms in total. The Morgan fingerprint density at radius 2 is 2.03 bits per heavy atom. The number of amides is 1. The maximum absolute atomic E-state index is 12.5. The summed E-state index contributed by atoms with van der Waals surface area (Å²) in [4.78, 5) is 12.5. The van der Waals surface area contributed by atoms with Gasteiger partial charge < -0.3 is 9.84 Å². The van der Waals surface area contributed by atoms with Gasteiger partial charge >= 0.3 is 0 Å². The highest BCUT2D eigenvalue weighted by Gasteiger charge is 2.33. The largest absolute Gasteiger partial charge is 0.356 e. The number of hydrogen-bond acceptors (Lipinski definition) is 3. The Morgan fingerprint density at radius 3 is 2.74 bits per heavy atom. The number of aryl methyl sites for hydroxylation is 2. The number of halogens is 1. The monoisotopic (exact) mass is 436 g/mol. The van der Waals surface area contributed by atoms with Crippen LogP contribution in [0.4, 0.5) is 5.69 Å². The number of carbonyl (C=O) groups is 1. The SMILES string of the molecule is Cc1ccc(NC(=O)CCc2noc(-c3cccc(CC(C)C)c3)c2C2CC2)c(Cl)c1. The maximum Gasteiger partial charge on any atom is 0.224 e.